The number of nitrogens with zero attached hydrogens (tertiary/aromatic N) is 3. The van der Waals surface area contributed by atoms with E-state index in [1.54, 1.807) is 24.0 Å². The first-order valence-electron chi connectivity index (χ1n) is 7.85. The predicted octanol–water partition coefficient (Wildman–Crippen LogP) is 3.86. The van der Waals surface area contributed by atoms with Crippen molar-refractivity contribution >= 4 is 33.2 Å². The maximum Gasteiger partial charge on any atom is 0.268 e. The van der Waals surface area contributed by atoms with E-state index in [0.717, 1.165) is 21.5 Å². The molecular weight excluding hydrogens is 389 g/mol. The molecule has 1 aliphatic heterocycles. The maximum atomic E-state index is 14.1. The Labute approximate surface area is 152 Å². The molecule has 0 radical (unpaired) electrons. The van der Waals surface area contributed by atoms with Gasteiger partial charge < -0.3 is 9.14 Å². The maximum absolute atomic E-state index is 14.1. The SMILES string of the molecule is Cc1nc2ccc(Br)cn2c1CN1C(=O)[C@@H](C)Oc2c(F)cccc21. The Bertz CT molecular complexity index is 1000. The van der Waals surface area contributed by atoms with Gasteiger partial charge in [0.1, 0.15) is 5.65 Å². The Hall–Kier alpha value is -2.41. The van der Waals surface area contributed by atoms with Crippen LogP contribution in [0.15, 0.2) is 41.0 Å². The van der Waals surface area contributed by atoms with Gasteiger partial charge in [0.15, 0.2) is 17.7 Å². The number of carbonyl (C=O) groups excluding carboxylic acids is 1. The van der Waals surface area contributed by atoms with E-state index in [9.17, 15) is 9.18 Å². The van der Waals surface area contributed by atoms with Gasteiger partial charge in [-0.05, 0) is 54.0 Å². The Kier molecular flexibility index (Phi) is 3.76. The summed E-state index contributed by atoms with van der Waals surface area (Å²) in [6, 6.07) is 8.41. The van der Waals surface area contributed by atoms with Crippen LogP contribution in [-0.2, 0) is 11.3 Å². The van der Waals surface area contributed by atoms with Crippen molar-refractivity contribution < 1.29 is 13.9 Å². The topological polar surface area (TPSA) is 46.8 Å². The molecule has 0 aliphatic carbocycles. The zero-order valence-electron chi connectivity index (χ0n) is 13.7. The smallest absolute Gasteiger partial charge is 0.268 e. The van der Waals surface area contributed by atoms with E-state index in [2.05, 4.69) is 20.9 Å². The van der Waals surface area contributed by atoms with Crippen molar-refractivity contribution in [1.82, 2.24) is 9.38 Å². The van der Waals surface area contributed by atoms with Gasteiger partial charge in [-0.15, -0.1) is 0 Å². The number of anilines is 1. The third-order valence-electron chi connectivity index (χ3n) is 4.33. The summed E-state index contributed by atoms with van der Waals surface area (Å²) in [4.78, 5) is 18.8. The Balaban J connectivity index is 1.83. The highest BCUT2D eigenvalue weighted by molar-refractivity contribution is 9.10. The second kappa shape index (κ2) is 5.84. The molecule has 4 rings (SSSR count). The zero-order chi connectivity index (χ0) is 17.7. The van der Waals surface area contributed by atoms with Crippen LogP contribution in [0.1, 0.15) is 18.3 Å². The zero-order valence-corrected chi connectivity index (χ0v) is 15.2. The molecule has 1 atom stereocenters. The molecule has 2 aromatic heterocycles. The molecule has 1 aromatic carbocycles. The summed E-state index contributed by atoms with van der Waals surface area (Å²) in [5.41, 5.74) is 2.92. The number of imidazole rings is 1. The van der Waals surface area contributed by atoms with Crippen molar-refractivity contribution in [3.05, 3.63) is 58.2 Å². The fourth-order valence-corrected chi connectivity index (χ4v) is 3.42. The van der Waals surface area contributed by atoms with E-state index in [1.807, 2.05) is 29.7 Å². The largest absolute Gasteiger partial charge is 0.476 e. The number of ether oxygens (including phenoxy) is 1. The summed E-state index contributed by atoms with van der Waals surface area (Å²) in [7, 11) is 0. The van der Waals surface area contributed by atoms with Crippen LogP contribution in [0.5, 0.6) is 5.75 Å². The lowest BCUT2D eigenvalue weighted by atomic mass is 10.1. The van der Waals surface area contributed by atoms with Gasteiger partial charge in [-0.25, -0.2) is 9.37 Å². The molecular formula is C18H15BrFN3O2. The number of aryl methyl sites for hydroxylation is 1. The molecule has 0 fully saturated rings. The van der Waals surface area contributed by atoms with Crippen molar-refractivity contribution in [2.45, 2.75) is 26.5 Å². The van der Waals surface area contributed by atoms with Crippen molar-refractivity contribution in [3.8, 4) is 5.75 Å². The summed E-state index contributed by atoms with van der Waals surface area (Å²) < 4.78 is 22.4. The number of hydrogen-bond acceptors (Lipinski definition) is 3. The molecule has 0 spiro atoms. The highest BCUT2D eigenvalue weighted by Gasteiger charge is 2.34. The van der Waals surface area contributed by atoms with Crippen molar-refractivity contribution in [2.75, 3.05) is 4.90 Å². The van der Waals surface area contributed by atoms with E-state index in [1.165, 1.54) is 6.07 Å². The van der Waals surface area contributed by atoms with Gasteiger partial charge >= 0.3 is 0 Å². The number of hydrogen-bond donors (Lipinski definition) is 0. The minimum Gasteiger partial charge on any atom is -0.476 e. The van der Waals surface area contributed by atoms with Crippen LogP contribution in [0.2, 0.25) is 0 Å². The van der Waals surface area contributed by atoms with Crippen LogP contribution < -0.4 is 9.64 Å². The number of benzene rings is 1. The van der Waals surface area contributed by atoms with Gasteiger partial charge in [0.05, 0.1) is 23.6 Å². The third-order valence-corrected chi connectivity index (χ3v) is 4.80. The molecule has 0 bridgehead atoms. The molecule has 0 N–H and O–H groups in total. The van der Waals surface area contributed by atoms with E-state index < -0.39 is 11.9 Å². The number of halogens is 2. The number of pyridine rings is 1. The second-order valence-corrected chi connectivity index (χ2v) is 6.91. The molecule has 0 saturated carbocycles. The van der Waals surface area contributed by atoms with Crippen LogP contribution in [0.25, 0.3) is 5.65 Å². The van der Waals surface area contributed by atoms with Crippen LogP contribution in [0.3, 0.4) is 0 Å². The van der Waals surface area contributed by atoms with E-state index in [0.29, 0.717) is 5.69 Å². The summed E-state index contributed by atoms with van der Waals surface area (Å²) >= 11 is 3.46. The number of para-hydroxylation sites is 1. The van der Waals surface area contributed by atoms with Crippen molar-refractivity contribution in [1.29, 1.82) is 0 Å². The van der Waals surface area contributed by atoms with Gasteiger partial charge in [-0.1, -0.05) is 6.07 Å². The van der Waals surface area contributed by atoms with E-state index >= 15 is 0 Å². The molecule has 25 heavy (non-hydrogen) atoms. The summed E-state index contributed by atoms with van der Waals surface area (Å²) in [6.07, 6.45) is 1.17. The average molecular weight is 404 g/mol. The minimum atomic E-state index is -0.740. The Morgan fingerprint density at radius 3 is 2.92 bits per heavy atom. The fraction of sp³-hybridized carbons (Fsp3) is 0.222. The molecule has 1 aliphatic rings. The third kappa shape index (κ3) is 2.59. The number of fused-ring (bicyclic) bond motifs is 2. The summed E-state index contributed by atoms with van der Waals surface area (Å²) in [5.74, 6) is -0.566. The van der Waals surface area contributed by atoms with Gasteiger partial charge in [0, 0.05) is 10.7 Å². The van der Waals surface area contributed by atoms with Crippen molar-refractivity contribution in [2.24, 2.45) is 0 Å². The Morgan fingerprint density at radius 1 is 1.32 bits per heavy atom. The first kappa shape index (κ1) is 16.1. The molecule has 7 heteroatoms. The van der Waals surface area contributed by atoms with Gasteiger partial charge in [0.2, 0.25) is 0 Å². The van der Waals surface area contributed by atoms with Gasteiger partial charge in [-0.2, -0.15) is 0 Å². The number of aromatic nitrogens is 2. The summed E-state index contributed by atoms with van der Waals surface area (Å²) in [5, 5.41) is 0. The second-order valence-electron chi connectivity index (χ2n) is 5.99. The fourth-order valence-electron chi connectivity index (χ4n) is 3.08. The van der Waals surface area contributed by atoms with E-state index in [4.69, 9.17) is 4.74 Å². The normalized spacial score (nSPS) is 16.9. The van der Waals surface area contributed by atoms with E-state index in [-0.39, 0.29) is 18.2 Å². The quantitative estimate of drug-likeness (QED) is 0.652. The van der Waals surface area contributed by atoms with Crippen LogP contribution >= 0.6 is 15.9 Å². The molecule has 0 saturated heterocycles. The van der Waals surface area contributed by atoms with Crippen LogP contribution in [-0.4, -0.2) is 21.4 Å². The molecule has 5 nitrogen and oxygen atoms in total. The van der Waals surface area contributed by atoms with Crippen LogP contribution in [0, 0.1) is 12.7 Å². The lowest BCUT2D eigenvalue weighted by Crippen LogP contribution is -2.44. The minimum absolute atomic E-state index is 0.113. The first-order chi connectivity index (χ1) is 12.0. The number of carbonyl (C=O) groups is 1. The monoisotopic (exact) mass is 403 g/mol. The molecule has 3 heterocycles. The summed E-state index contributed by atoms with van der Waals surface area (Å²) in [6.45, 7) is 3.81. The number of amides is 1. The average Bonchev–Trinajstić information content (AvgIpc) is 2.88. The predicted molar refractivity (Wildman–Crippen MR) is 95.3 cm³/mol. The molecule has 128 valence electrons. The highest BCUT2D eigenvalue weighted by atomic mass is 79.9. The Morgan fingerprint density at radius 2 is 2.12 bits per heavy atom. The van der Waals surface area contributed by atoms with Crippen molar-refractivity contribution in [3.63, 3.8) is 0 Å². The van der Waals surface area contributed by atoms with Gasteiger partial charge in [-0.3, -0.25) is 9.69 Å². The highest BCUT2D eigenvalue weighted by Crippen LogP contribution is 2.37. The molecule has 1 amide bonds. The molecule has 0 unspecified atom stereocenters. The number of rotatable bonds is 2. The lowest BCUT2D eigenvalue weighted by Gasteiger charge is -2.33. The first-order valence-corrected chi connectivity index (χ1v) is 8.64. The lowest BCUT2D eigenvalue weighted by molar-refractivity contribution is -0.125. The van der Waals surface area contributed by atoms with Crippen LogP contribution in [0.4, 0.5) is 10.1 Å². The standard InChI is InChI=1S/C18H15BrFN3O2/c1-10-15(22-8-12(19)6-7-16(22)21-10)9-23-14-5-3-4-13(20)17(14)25-11(2)18(23)24/h3-8,11H,9H2,1-2H3/t11-/m1/s1. The molecule has 3 aromatic rings. The van der Waals surface area contributed by atoms with Gasteiger partial charge in [0.25, 0.3) is 5.91 Å².